The van der Waals surface area contributed by atoms with Crippen LogP contribution in [0, 0.1) is 0 Å². The molecule has 1 saturated heterocycles. The molecule has 2 aromatic heterocycles. The van der Waals surface area contributed by atoms with E-state index < -0.39 is 12.0 Å². The molecule has 0 radical (unpaired) electrons. The highest BCUT2D eigenvalue weighted by molar-refractivity contribution is 7.13. The van der Waals surface area contributed by atoms with Crippen molar-refractivity contribution >= 4 is 33.4 Å². The summed E-state index contributed by atoms with van der Waals surface area (Å²) in [6.45, 7) is 1.73. The highest BCUT2D eigenvalue weighted by Crippen LogP contribution is 2.31. The lowest BCUT2D eigenvalue weighted by atomic mass is 10.3. The maximum Gasteiger partial charge on any atom is 0.449 e. The third-order valence-corrected chi connectivity index (χ3v) is 5.36. The van der Waals surface area contributed by atoms with Crippen LogP contribution >= 0.6 is 11.3 Å². The fourth-order valence-electron chi connectivity index (χ4n) is 3.21. The first-order valence-electron chi connectivity index (χ1n) is 8.38. The van der Waals surface area contributed by atoms with E-state index in [4.69, 9.17) is 0 Å². The number of fused-ring (bicyclic) bond motifs is 1. The van der Waals surface area contributed by atoms with Crippen LogP contribution in [0.2, 0.25) is 0 Å². The number of alkyl halides is 3. The summed E-state index contributed by atoms with van der Waals surface area (Å²) in [6.07, 6.45) is -2.90. The molecule has 0 aliphatic carbocycles. The molecule has 0 saturated carbocycles. The SMILES string of the molecule is O=C(Cn1c(C(F)(F)F)nc2ccccc21)N1CCN(c2nccs2)CC1. The van der Waals surface area contributed by atoms with Crippen molar-refractivity contribution in [3.63, 3.8) is 0 Å². The van der Waals surface area contributed by atoms with Gasteiger partial charge in [0.05, 0.1) is 11.0 Å². The lowest BCUT2D eigenvalue weighted by Crippen LogP contribution is -2.49. The molecule has 3 aromatic rings. The standard InChI is InChI=1S/C17H16F3N5OS/c18-17(19,20)15-22-12-3-1-2-4-13(12)25(15)11-14(26)23-6-8-24(9-7-23)16-21-5-10-27-16/h1-5,10H,6-9,11H2. The number of nitrogens with zero attached hydrogens (tertiary/aromatic N) is 5. The van der Waals surface area contributed by atoms with E-state index >= 15 is 0 Å². The number of para-hydroxylation sites is 2. The summed E-state index contributed by atoms with van der Waals surface area (Å²) in [7, 11) is 0. The molecule has 142 valence electrons. The van der Waals surface area contributed by atoms with Crippen molar-refractivity contribution in [3.05, 3.63) is 41.7 Å². The maximum absolute atomic E-state index is 13.4. The molecule has 3 heterocycles. The van der Waals surface area contributed by atoms with Gasteiger partial charge in [-0.15, -0.1) is 11.3 Å². The molecule has 1 aliphatic rings. The van der Waals surface area contributed by atoms with Crippen molar-refractivity contribution in [2.75, 3.05) is 31.1 Å². The van der Waals surface area contributed by atoms with Gasteiger partial charge in [0.25, 0.3) is 0 Å². The first-order valence-corrected chi connectivity index (χ1v) is 9.26. The minimum absolute atomic E-state index is 0.228. The Labute approximate surface area is 156 Å². The third-order valence-electron chi connectivity index (χ3n) is 4.52. The van der Waals surface area contributed by atoms with Gasteiger partial charge in [-0.1, -0.05) is 12.1 Å². The third kappa shape index (κ3) is 3.48. The van der Waals surface area contributed by atoms with Crippen molar-refractivity contribution in [1.82, 2.24) is 19.4 Å². The zero-order valence-electron chi connectivity index (χ0n) is 14.2. The number of carbonyl (C=O) groups is 1. The second kappa shape index (κ2) is 6.84. The summed E-state index contributed by atoms with van der Waals surface area (Å²) < 4.78 is 41.1. The van der Waals surface area contributed by atoms with Crippen molar-refractivity contribution in [2.45, 2.75) is 12.7 Å². The van der Waals surface area contributed by atoms with Gasteiger partial charge in [0.2, 0.25) is 11.7 Å². The smallest absolute Gasteiger partial charge is 0.345 e. The fourth-order valence-corrected chi connectivity index (χ4v) is 3.90. The summed E-state index contributed by atoms with van der Waals surface area (Å²) in [5.41, 5.74) is 0.533. The quantitative estimate of drug-likeness (QED) is 0.684. The van der Waals surface area contributed by atoms with Crippen LogP contribution in [0.3, 0.4) is 0 Å². The summed E-state index contributed by atoms with van der Waals surface area (Å²) >= 11 is 1.52. The van der Waals surface area contributed by atoms with Gasteiger partial charge in [-0.3, -0.25) is 4.79 Å². The van der Waals surface area contributed by atoms with Crippen LogP contribution in [0.25, 0.3) is 11.0 Å². The van der Waals surface area contributed by atoms with E-state index in [1.54, 1.807) is 29.3 Å². The Bertz CT molecular complexity index is 945. The number of thiazole rings is 1. The van der Waals surface area contributed by atoms with Crippen LogP contribution in [0.15, 0.2) is 35.8 Å². The number of hydrogen-bond donors (Lipinski definition) is 0. The molecule has 6 nitrogen and oxygen atoms in total. The second-order valence-corrected chi connectivity index (χ2v) is 7.06. The number of imidazole rings is 1. The Morgan fingerprint density at radius 3 is 2.56 bits per heavy atom. The van der Waals surface area contributed by atoms with Crippen molar-refractivity contribution in [3.8, 4) is 0 Å². The van der Waals surface area contributed by atoms with Crippen molar-refractivity contribution < 1.29 is 18.0 Å². The Hall–Kier alpha value is -2.62. The highest BCUT2D eigenvalue weighted by atomic mass is 32.1. The molecule has 4 rings (SSSR count). The van der Waals surface area contributed by atoms with E-state index in [1.165, 1.54) is 17.4 Å². The number of carbonyl (C=O) groups excluding carboxylic acids is 1. The predicted molar refractivity (Wildman–Crippen MR) is 95.6 cm³/mol. The Balaban J connectivity index is 1.52. The Morgan fingerprint density at radius 2 is 1.89 bits per heavy atom. The van der Waals surface area contributed by atoms with Crippen molar-refractivity contribution in [1.29, 1.82) is 0 Å². The predicted octanol–water partition coefficient (Wildman–Crippen LogP) is 2.86. The second-order valence-electron chi connectivity index (χ2n) is 6.19. The van der Waals surface area contributed by atoms with Crippen molar-refractivity contribution in [2.24, 2.45) is 0 Å². The Kier molecular flexibility index (Phi) is 4.50. The largest absolute Gasteiger partial charge is 0.449 e. The van der Waals surface area contributed by atoms with E-state index in [-0.39, 0.29) is 18.0 Å². The van der Waals surface area contributed by atoms with Crippen LogP contribution in [-0.2, 0) is 17.5 Å². The summed E-state index contributed by atoms with van der Waals surface area (Å²) in [6, 6.07) is 6.32. The number of anilines is 1. The highest BCUT2D eigenvalue weighted by Gasteiger charge is 2.38. The molecule has 27 heavy (non-hydrogen) atoms. The number of benzene rings is 1. The summed E-state index contributed by atoms with van der Waals surface area (Å²) in [4.78, 5) is 24.3. The van der Waals surface area contributed by atoms with Crippen LogP contribution in [0.4, 0.5) is 18.3 Å². The van der Waals surface area contributed by atoms with Gasteiger partial charge < -0.3 is 14.4 Å². The maximum atomic E-state index is 13.4. The molecule has 1 fully saturated rings. The summed E-state index contributed by atoms with van der Waals surface area (Å²) in [5, 5.41) is 2.78. The number of hydrogen-bond acceptors (Lipinski definition) is 5. The average molecular weight is 395 g/mol. The zero-order valence-corrected chi connectivity index (χ0v) is 15.0. The molecule has 1 amide bonds. The van der Waals surface area contributed by atoms with Crippen LogP contribution < -0.4 is 4.90 Å². The molecular formula is C17H16F3N5OS. The van der Waals surface area contributed by atoms with Crippen LogP contribution in [-0.4, -0.2) is 51.5 Å². The van der Waals surface area contributed by atoms with E-state index in [0.29, 0.717) is 31.7 Å². The van der Waals surface area contributed by atoms with Gasteiger partial charge in [-0.25, -0.2) is 9.97 Å². The van der Waals surface area contributed by atoms with Gasteiger partial charge in [-0.05, 0) is 12.1 Å². The molecule has 0 unspecified atom stereocenters. The molecule has 0 N–H and O–H groups in total. The Morgan fingerprint density at radius 1 is 1.15 bits per heavy atom. The molecular weight excluding hydrogens is 379 g/mol. The topological polar surface area (TPSA) is 54.3 Å². The van der Waals surface area contributed by atoms with E-state index in [2.05, 4.69) is 14.9 Å². The molecule has 0 spiro atoms. The number of aromatic nitrogens is 3. The number of amides is 1. The van der Waals surface area contributed by atoms with Gasteiger partial charge in [0, 0.05) is 37.8 Å². The molecule has 1 aliphatic heterocycles. The lowest BCUT2D eigenvalue weighted by molar-refractivity contribution is -0.148. The monoisotopic (exact) mass is 395 g/mol. The van der Waals surface area contributed by atoms with Crippen LogP contribution in [0.1, 0.15) is 5.82 Å². The molecule has 10 heteroatoms. The minimum atomic E-state index is -4.62. The van der Waals surface area contributed by atoms with E-state index in [9.17, 15) is 18.0 Å². The number of halogens is 3. The fraction of sp³-hybridized carbons (Fsp3) is 0.353. The average Bonchev–Trinajstić information content (AvgIpc) is 3.30. The zero-order chi connectivity index (χ0) is 19.0. The van der Waals surface area contributed by atoms with E-state index in [1.807, 2.05) is 5.38 Å². The molecule has 0 atom stereocenters. The normalized spacial score (nSPS) is 15.5. The molecule has 1 aromatic carbocycles. The van der Waals surface area contributed by atoms with E-state index in [0.717, 1.165) is 9.70 Å². The number of piperazine rings is 1. The van der Waals surface area contributed by atoms with Crippen LogP contribution in [0.5, 0.6) is 0 Å². The van der Waals surface area contributed by atoms with Gasteiger partial charge >= 0.3 is 6.18 Å². The first kappa shape index (κ1) is 17.8. The number of rotatable bonds is 3. The molecule has 0 bridgehead atoms. The lowest BCUT2D eigenvalue weighted by Gasteiger charge is -2.34. The van der Waals surface area contributed by atoms with Gasteiger partial charge in [0.1, 0.15) is 6.54 Å². The minimum Gasteiger partial charge on any atom is -0.345 e. The van der Waals surface area contributed by atoms with Gasteiger partial charge in [-0.2, -0.15) is 13.2 Å². The summed E-state index contributed by atoms with van der Waals surface area (Å²) in [5.74, 6) is -1.39. The van der Waals surface area contributed by atoms with Gasteiger partial charge in [0.15, 0.2) is 5.13 Å². The first-order chi connectivity index (χ1) is 12.9.